The largest absolute Gasteiger partial charge is 0.382 e. The second kappa shape index (κ2) is 5.18. The molecule has 0 aliphatic rings. The minimum atomic E-state index is -3.89. The zero-order chi connectivity index (χ0) is 17.8. The van der Waals surface area contributed by atoms with Gasteiger partial charge in [0.15, 0.2) is 5.65 Å². The SMILES string of the molecule is Cc1ccc(S(=O)(=O)c2c(N)n(N)c3nc4ccccc4nc23)cc1. The maximum Gasteiger partial charge on any atom is 0.212 e. The minimum absolute atomic E-state index is 0.0918. The number of nitrogen functional groups attached to an aromatic ring is 2. The number of fused-ring (bicyclic) bond motifs is 2. The number of anilines is 1. The maximum absolute atomic E-state index is 13.1. The molecule has 2 heterocycles. The number of sulfone groups is 1. The van der Waals surface area contributed by atoms with E-state index >= 15 is 0 Å². The minimum Gasteiger partial charge on any atom is -0.382 e. The standard InChI is InChI=1S/C17H15N5O2S/c1-10-6-8-11(9-7-10)25(23,24)15-14-17(22(19)16(15)18)21-13-5-3-2-4-12(13)20-14/h2-9H,18-19H2,1H3. The third-order valence-electron chi connectivity index (χ3n) is 4.09. The molecule has 7 nitrogen and oxygen atoms in total. The Bertz CT molecular complexity index is 1230. The molecule has 0 fully saturated rings. The summed E-state index contributed by atoms with van der Waals surface area (Å²) >= 11 is 0. The average molecular weight is 353 g/mol. The predicted molar refractivity (Wildman–Crippen MR) is 96.2 cm³/mol. The Hall–Kier alpha value is -3.13. The summed E-state index contributed by atoms with van der Waals surface area (Å²) in [6.07, 6.45) is 0. The topological polar surface area (TPSA) is 117 Å². The van der Waals surface area contributed by atoms with Crippen LogP contribution in [-0.4, -0.2) is 23.1 Å². The Labute approximate surface area is 143 Å². The molecule has 0 bridgehead atoms. The van der Waals surface area contributed by atoms with E-state index in [1.807, 2.05) is 13.0 Å². The first-order valence-corrected chi connectivity index (χ1v) is 9.01. The maximum atomic E-state index is 13.1. The van der Waals surface area contributed by atoms with Gasteiger partial charge in [0.05, 0.1) is 15.9 Å². The van der Waals surface area contributed by atoms with E-state index in [-0.39, 0.29) is 26.8 Å². The van der Waals surface area contributed by atoms with Gasteiger partial charge in [0.25, 0.3) is 0 Å². The summed E-state index contributed by atoms with van der Waals surface area (Å²) in [4.78, 5) is 8.87. The van der Waals surface area contributed by atoms with Gasteiger partial charge in [0.2, 0.25) is 9.84 Å². The quantitative estimate of drug-likeness (QED) is 0.533. The van der Waals surface area contributed by atoms with Gasteiger partial charge in [-0.3, -0.25) is 0 Å². The van der Waals surface area contributed by atoms with Crippen LogP contribution >= 0.6 is 0 Å². The van der Waals surface area contributed by atoms with Gasteiger partial charge in [0.1, 0.15) is 16.2 Å². The van der Waals surface area contributed by atoms with E-state index in [1.54, 1.807) is 30.3 Å². The highest BCUT2D eigenvalue weighted by Gasteiger charge is 2.29. The molecule has 0 radical (unpaired) electrons. The fraction of sp³-hybridized carbons (Fsp3) is 0.0588. The number of hydrogen-bond donors (Lipinski definition) is 2. The number of hydrogen-bond acceptors (Lipinski definition) is 6. The van der Waals surface area contributed by atoms with Crippen LogP contribution in [0.4, 0.5) is 5.82 Å². The van der Waals surface area contributed by atoms with Crippen LogP contribution in [-0.2, 0) is 9.84 Å². The van der Waals surface area contributed by atoms with Crippen LogP contribution in [0.1, 0.15) is 5.56 Å². The summed E-state index contributed by atoms with van der Waals surface area (Å²) in [7, 11) is -3.89. The van der Waals surface area contributed by atoms with Gasteiger partial charge < -0.3 is 11.6 Å². The fourth-order valence-corrected chi connectivity index (χ4v) is 4.25. The summed E-state index contributed by atoms with van der Waals surface area (Å²) in [5.41, 5.74) is 8.54. The molecule has 0 spiro atoms. The van der Waals surface area contributed by atoms with E-state index in [4.69, 9.17) is 11.6 Å². The molecule has 0 unspecified atom stereocenters. The van der Waals surface area contributed by atoms with E-state index in [9.17, 15) is 8.42 Å². The average Bonchev–Trinajstić information content (AvgIpc) is 2.84. The Morgan fingerprint density at radius 1 is 0.960 bits per heavy atom. The Morgan fingerprint density at radius 3 is 2.20 bits per heavy atom. The van der Waals surface area contributed by atoms with Crippen LogP contribution in [0.25, 0.3) is 22.2 Å². The van der Waals surface area contributed by atoms with Crippen molar-refractivity contribution in [2.24, 2.45) is 0 Å². The lowest BCUT2D eigenvalue weighted by atomic mass is 10.2. The van der Waals surface area contributed by atoms with Crippen molar-refractivity contribution in [1.29, 1.82) is 0 Å². The first-order chi connectivity index (χ1) is 11.9. The van der Waals surface area contributed by atoms with Crippen LogP contribution in [0.15, 0.2) is 58.3 Å². The molecule has 0 saturated heterocycles. The zero-order valence-corrected chi connectivity index (χ0v) is 14.2. The number of rotatable bonds is 2. The van der Waals surface area contributed by atoms with Crippen molar-refractivity contribution < 1.29 is 8.42 Å². The third kappa shape index (κ3) is 2.22. The zero-order valence-electron chi connectivity index (χ0n) is 13.3. The van der Waals surface area contributed by atoms with Crippen LogP contribution in [0.3, 0.4) is 0 Å². The van der Waals surface area contributed by atoms with E-state index in [0.29, 0.717) is 11.0 Å². The molecule has 25 heavy (non-hydrogen) atoms. The van der Waals surface area contributed by atoms with Crippen LogP contribution in [0, 0.1) is 6.92 Å². The highest BCUT2D eigenvalue weighted by molar-refractivity contribution is 7.92. The summed E-state index contributed by atoms with van der Waals surface area (Å²) in [5, 5.41) is 0. The van der Waals surface area contributed by atoms with Crippen molar-refractivity contribution in [1.82, 2.24) is 14.6 Å². The Morgan fingerprint density at radius 2 is 1.56 bits per heavy atom. The van der Waals surface area contributed by atoms with Gasteiger partial charge in [-0.15, -0.1) is 0 Å². The van der Waals surface area contributed by atoms with Crippen LogP contribution in [0.5, 0.6) is 0 Å². The number of nitrogens with two attached hydrogens (primary N) is 2. The van der Waals surface area contributed by atoms with Crippen molar-refractivity contribution in [3.8, 4) is 0 Å². The van der Waals surface area contributed by atoms with Gasteiger partial charge in [-0.1, -0.05) is 29.8 Å². The monoisotopic (exact) mass is 353 g/mol. The van der Waals surface area contributed by atoms with Gasteiger partial charge >= 0.3 is 0 Å². The van der Waals surface area contributed by atoms with Gasteiger partial charge in [-0.05, 0) is 31.2 Å². The lowest BCUT2D eigenvalue weighted by Crippen LogP contribution is -2.13. The molecule has 0 atom stereocenters. The van der Waals surface area contributed by atoms with E-state index in [1.165, 1.54) is 12.1 Å². The molecule has 4 aromatic rings. The van der Waals surface area contributed by atoms with Gasteiger partial charge in [-0.2, -0.15) is 0 Å². The van der Waals surface area contributed by atoms with Crippen LogP contribution in [0.2, 0.25) is 0 Å². The molecular formula is C17H15N5O2S. The van der Waals surface area contributed by atoms with Gasteiger partial charge in [0, 0.05) is 0 Å². The molecular weight excluding hydrogens is 338 g/mol. The second-order valence-electron chi connectivity index (χ2n) is 5.79. The highest BCUT2D eigenvalue weighted by Crippen LogP contribution is 2.33. The van der Waals surface area contributed by atoms with E-state index < -0.39 is 9.84 Å². The first-order valence-electron chi connectivity index (χ1n) is 7.53. The summed E-state index contributed by atoms with van der Waals surface area (Å²) < 4.78 is 27.3. The highest BCUT2D eigenvalue weighted by atomic mass is 32.2. The second-order valence-corrected chi connectivity index (χ2v) is 7.67. The number of aromatic nitrogens is 3. The van der Waals surface area contributed by atoms with E-state index in [2.05, 4.69) is 9.97 Å². The fourth-order valence-electron chi connectivity index (χ4n) is 2.76. The smallest absolute Gasteiger partial charge is 0.212 e. The Kier molecular flexibility index (Phi) is 3.19. The molecule has 8 heteroatoms. The molecule has 0 saturated carbocycles. The van der Waals surface area contributed by atoms with Crippen molar-refractivity contribution >= 4 is 37.9 Å². The van der Waals surface area contributed by atoms with Crippen molar-refractivity contribution in [3.05, 3.63) is 54.1 Å². The predicted octanol–water partition coefficient (Wildman–Crippen LogP) is 2.02. The summed E-state index contributed by atoms with van der Waals surface area (Å²) in [6.45, 7) is 1.88. The van der Waals surface area contributed by atoms with E-state index in [0.717, 1.165) is 10.2 Å². The normalized spacial score (nSPS) is 12.0. The molecule has 0 aliphatic heterocycles. The first kappa shape index (κ1) is 15.4. The molecule has 0 amide bonds. The number of aryl methyl sites for hydroxylation is 1. The number of para-hydroxylation sites is 2. The van der Waals surface area contributed by atoms with Crippen molar-refractivity contribution in [2.45, 2.75) is 16.7 Å². The van der Waals surface area contributed by atoms with Crippen LogP contribution < -0.4 is 11.6 Å². The lowest BCUT2D eigenvalue weighted by Gasteiger charge is -2.05. The summed E-state index contributed by atoms with van der Waals surface area (Å²) in [5.74, 6) is 5.86. The molecule has 4 rings (SSSR count). The molecule has 2 aromatic carbocycles. The van der Waals surface area contributed by atoms with Crippen molar-refractivity contribution in [3.63, 3.8) is 0 Å². The Balaban J connectivity index is 2.08. The third-order valence-corrected chi connectivity index (χ3v) is 5.92. The molecule has 0 aliphatic carbocycles. The van der Waals surface area contributed by atoms with Crippen molar-refractivity contribution in [2.75, 3.05) is 11.6 Å². The number of nitrogens with zero attached hydrogens (tertiary/aromatic N) is 3. The molecule has 4 N–H and O–H groups in total. The molecule has 2 aromatic heterocycles. The van der Waals surface area contributed by atoms with Gasteiger partial charge in [-0.25, -0.2) is 23.1 Å². The molecule has 126 valence electrons. The summed E-state index contributed by atoms with van der Waals surface area (Å²) in [6, 6.07) is 13.7. The lowest BCUT2D eigenvalue weighted by molar-refractivity contribution is 0.597. The number of benzene rings is 2.